The second kappa shape index (κ2) is 20.8. The number of nitrogens with two attached hydrogens (primary N) is 1. The predicted octanol–water partition coefficient (Wildman–Crippen LogP) is 5.45. The monoisotopic (exact) mass is 712 g/mol. The Hall–Kier alpha value is -3.87. The number of esters is 2. The first-order valence-electron chi connectivity index (χ1n) is 18.1. The highest BCUT2D eigenvalue weighted by Gasteiger charge is 2.32. The Balaban J connectivity index is 0.000000286. The SMILES string of the molecule is CCOC(=O)C[C@@H]1CC[C@@H](N)CN1Cc1ccc(OC)cc1.CCOC(=O)C[C@@H]1CC[C@@H](NC(=O)OC(C)(C)C)CN1Cc1ccc(OC)cc1. The number of amides is 1. The third-order valence-corrected chi connectivity index (χ3v) is 8.90. The van der Waals surface area contributed by atoms with Gasteiger partial charge in [-0.2, -0.15) is 0 Å². The van der Waals surface area contributed by atoms with E-state index >= 15 is 0 Å². The zero-order valence-corrected chi connectivity index (χ0v) is 31.7. The molecule has 4 rings (SSSR count). The minimum Gasteiger partial charge on any atom is -0.497 e. The molecule has 2 saturated heterocycles. The maximum Gasteiger partial charge on any atom is 0.407 e. The highest BCUT2D eigenvalue weighted by Crippen LogP contribution is 2.25. The molecular weight excluding hydrogens is 652 g/mol. The summed E-state index contributed by atoms with van der Waals surface area (Å²) in [7, 11) is 3.30. The molecule has 1 amide bonds. The maximum absolute atomic E-state index is 12.2. The normalized spacial score (nSPS) is 21.0. The van der Waals surface area contributed by atoms with Gasteiger partial charge in [0.25, 0.3) is 0 Å². The van der Waals surface area contributed by atoms with Crippen LogP contribution in [0.4, 0.5) is 4.79 Å². The largest absolute Gasteiger partial charge is 0.497 e. The molecule has 2 aliphatic rings. The summed E-state index contributed by atoms with van der Waals surface area (Å²) in [6.45, 7) is 12.9. The first-order chi connectivity index (χ1) is 24.3. The number of carbonyl (C=O) groups excluding carboxylic acids is 3. The standard InChI is InChI=1S/C22H34N2O5.C17H26N2O3/c1-6-28-20(25)13-18-10-9-17(23-21(26)29-22(2,3)4)15-24(18)14-16-7-11-19(27-5)12-8-16;1-3-22-17(20)10-15-7-6-14(18)12-19(15)11-13-4-8-16(21-2)9-5-13/h7-8,11-12,17-18H,6,9-10,13-15H2,1-5H3,(H,23,26);4-5,8-9,14-15H,3,6-7,10-12,18H2,1-2H3/t17-,18+;14-,15+/m11/s1. The molecule has 12 nitrogen and oxygen atoms in total. The van der Waals surface area contributed by atoms with Gasteiger partial charge in [0.15, 0.2) is 0 Å². The highest BCUT2D eigenvalue weighted by atomic mass is 16.6. The third kappa shape index (κ3) is 15.1. The fraction of sp³-hybridized carbons (Fsp3) is 0.615. The van der Waals surface area contributed by atoms with Crippen LogP contribution in [0.25, 0.3) is 0 Å². The van der Waals surface area contributed by atoms with E-state index in [1.807, 2.05) is 71.0 Å². The second-order valence-corrected chi connectivity index (χ2v) is 14.1. The summed E-state index contributed by atoms with van der Waals surface area (Å²) >= 11 is 0. The van der Waals surface area contributed by atoms with Crippen molar-refractivity contribution in [3.8, 4) is 11.5 Å². The Labute approximate surface area is 304 Å². The number of ether oxygens (including phenoxy) is 5. The second-order valence-electron chi connectivity index (χ2n) is 14.1. The van der Waals surface area contributed by atoms with Crippen molar-refractivity contribution in [3.63, 3.8) is 0 Å². The summed E-state index contributed by atoms with van der Waals surface area (Å²) in [5.41, 5.74) is 7.89. The fourth-order valence-corrected chi connectivity index (χ4v) is 6.43. The van der Waals surface area contributed by atoms with E-state index in [2.05, 4.69) is 27.2 Å². The fourth-order valence-electron chi connectivity index (χ4n) is 6.43. The molecule has 2 aromatic rings. The van der Waals surface area contributed by atoms with E-state index in [9.17, 15) is 14.4 Å². The number of nitrogens with zero attached hydrogens (tertiary/aromatic N) is 2. The lowest BCUT2D eigenvalue weighted by atomic mass is 9.95. The van der Waals surface area contributed by atoms with Crippen molar-refractivity contribution in [1.29, 1.82) is 0 Å². The van der Waals surface area contributed by atoms with Gasteiger partial charge in [-0.05, 0) is 95.7 Å². The van der Waals surface area contributed by atoms with E-state index in [-0.39, 0.29) is 36.1 Å². The number of carbonyl (C=O) groups is 3. The van der Waals surface area contributed by atoms with Gasteiger partial charge in [-0.3, -0.25) is 19.4 Å². The summed E-state index contributed by atoms with van der Waals surface area (Å²) in [5.74, 6) is 1.35. The van der Waals surface area contributed by atoms with E-state index in [0.717, 1.165) is 55.8 Å². The van der Waals surface area contributed by atoms with E-state index < -0.39 is 11.7 Å². The molecule has 0 unspecified atom stereocenters. The molecule has 2 aromatic carbocycles. The van der Waals surface area contributed by atoms with E-state index in [0.29, 0.717) is 39.1 Å². The van der Waals surface area contributed by atoms with Gasteiger partial charge in [0.05, 0.1) is 40.3 Å². The summed E-state index contributed by atoms with van der Waals surface area (Å²) in [4.78, 5) is 40.5. The van der Waals surface area contributed by atoms with Crippen LogP contribution in [-0.4, -0.2) is 98.1 Å². The van der Waals surface area contributed by atoms with Crippen LogP contribution in [0.15, 0.2) is 48.5 Å². The molecule has 12 heteroatoms. The van der Waals surface area contributed by atoms with Crippen molar-refractivity contribution < 1.29 is 38.1 Å². The van der Waals surface area contributed by atoms with Crippen LogP contribution in [0.5, 0.6) is 11.5 Å². The van der Waals surface area contributed by atoms with Crippen LogP contribution in [0.2, 0.25) is 0 Å². The first-order valence-corrected chi connectivity index (χ1v) is 18.1. The van der Waals surface area contributed by atoms with Crippen molar-refractivity contribution in [3.05, 3.63) is 59.7 Å². The zero-order chi connectivity index (χ0) is 37.4. The Kier molecular flexibility index (Phi) is 17.0. The zero-order valence-electron chi connectivity index (χ0n) is 31.7. The first kappa shape index (κ1) is 41.5. The number of likely N-dealkylation sites (tertiary alicyclic amines) is 2. The van der Waals surface area contributed by atoms with E-state index in [1.54, 1.807) is 14.2 Å². The van der Waals surface area contributed by atoms with Crippen LogP contribution in [-0.2, 0) is 36.9 Å². The average Bonchev–Trinajstić information content (AvgIpc) is 3.07. The molecule has 284 valence electrons. The lowest BCUT2D eigenvalue weighted by Gasteiger charge is -2.39. The quantitative estimate of drug-likeness (QED) is 0.202. The summed E-state index contributed by atoms with van der Waals surface area (Å²) < 4.78 is 26.0. The Morgan fingerprint density at radius 2 is 1.18 bits per heavy atom. The summed E-state index contributed by atoms with van der Waals surface area (Å²) in [6.07, 6.45) is 3.88. The van der Waals surface area contributed by atoms with Crippen molar-refractivity contribution in [2.45, 2.75) is 116 Å². The summed E-state index contributed by atoms with van der Waals surface area (Å²) in [5, 5.41) is 2.97. The van der Waals surface area contributed by atoms with Gasteiger partial charge in [0.1, 0.15) is 17.1 Å². The number of nitrogens with one attached hydrogen (secondary N) is 1. The topological polar surface area (TPSA) is 142 Å². The number of hydrogen-bond acceptors (Lipinski definition) is 11. The van der Waals surface area contributed by atoms with Crippen molar-refractivity contribution in [1.82, 2.24) is 15.1 Å². The molecule has 0 aliphatic carbocycles. The molecule has 0 aromatic heterocycles. The van der Waals surface area contributed by atoms with Gasteiger partial charge in [-0.1, -0.05) is 24.3 Å². The smallest absolute Gasteiger partial charge is 0.407 e. The van der Waals surface area contributed by atoms with Gasteiger partial charge in [0.2, 0.25) is 0 Å². The number of hydrogen-bond donors (Lipinski definition) is 2. The number of methoxy groups -OCH3 is 2. The number of alkyl carbamates (subject to hydrolysis) is 1. The van der Waals surface area contributed by atoms with Crippen molar-refractivity contribution in [2.24, 2.45) is 5.73 Å². The molecule has 0 spiro atoms. The number of benzene rings is 2. The van der Waals surface area contributed by atoms with Crippen LogP contribution in [0, 0.1) is 0 Å². The van der Waals surface area contributed by atoms with Gasteiger partial charge in [0, 0.05) is 50.3 Å². The van der Waals surface area contributed by atoms with Crippen molar-refractivity contribution in [2.75, 3.05) is 40.5 Å². The molecule has 3 N–H and O–H groups in total. The average molecular weight is 713 g/mol. The minimum atomic E-state index is -0.534. The van der Waals surface area contributed by atoms with Gasteiger partial charge in [-0.25, -0.2) is 4.79 Å². The molecule has 0 saturated carbocycles. The minimum absolute atomic E-state index is 0.0263. The van der Waals surface area contributed by atoms with Gasteiger partial charge < -0.3 is 34.7 Å². The molecule has 2 heterocycles. The Morgan fingerprint density at radius 1 is 0.725 bits per heavy atom. The number of piperidine rings is 2. The highest BCUT2D eigenvalue weighted by molar-refractivity contribution is 5.70. The van der Waals surface area contributed by atoms with Gasteiger partial charge in [-0.15, -0.1) is 0 Å². The molecule has 4 atom stereocenters. The molecule has 2 aliphatic heterocycles. The Morgan fingerprint density at radius 3 is 1.61 bits per heavy atom. The molecule has 2 fully saturated rings. The molecule has 0 radical (unpaired) electrons. The van der Waals surface area contributed by atoms with Crippen LogP contribution in [0.1, 0.15) is 84.3 Å². The van der Waals surface area contributed by atoms with Crippen LogP contribution >= 0.6 is 0 Å². The predicted molar refractivity (Wildman–Crippen MR) is 196 cm³/mol. The Bertz CT molecular complexity index is 1350. The molecular formula is C39H60N4O8. The molecule has 0 bridgehead atoms. The third-order valence-electron chi connectivity index (χ3n) is 8.90. The van der Waals surface area contributed by atoms with E-state index in [1.165, 1.54) is 5.56 Å². The maximum atomic E-state index is 12.2. The lowest BCUT2D eigenvalue weighted by molar-refractivity contribution is -0.146. The summed E-state index contributed by atoms with van der Waals surface area (Å²) in [6, 6.07) is 16.4. The van der Waals surface area contributed by atoms with E-state index in [4.69, 9.17) is 29.4 Å². The molecule has 51 heavy (non-hydrogen) atoms. The van der Waals surface area contributed by atoms with Crippen LogP contribution < -0.4 is 20.5 Å². The number of rotatable bonds is 13. The van der Waals surface area contributed by atoms with Gasteiger partial charge >= 0.3 is 18.0 Å². The van der Waals surface area contributed by atoms with Crippen molar-refractivity contribution >= 4 is 18.0 Å². The lowest BCUT2D eigenvalue weighted by Crippen LogP contribution is -2.52. The van der Waals surface area contributed by atoms with Crippen LogP contribution in [0.3, 0.4) is 0 Å².